The molecule has 1 aromatic carbocycles. The number of hydrogen-bond donors (Lipinski definition) is 1. The molecule has 1 aromatic rings. The van der Waals surface area contributed by atoms with E-state index in [0.29, 0.717) is 30.3 Å². The van der Waals surface area contributed by atoms with E-state index in [0.717, 1.165) is 24.3 Å². The Morgan fingerprint density at radius 3 is 2.95 bits per heavy atom. The summed E-state index contributed by atoms with van der Waals surface area (Å²) in [5, 5.41) is 0.638. The van der Waals surface area contributed by atoms with E-state index in [1.165, 1.54) is 0 Å². The summed E-state index contributed by atoms with van der Waals surface area (Å²) in [6.45, 7) is 4.50. The summed E-state index contributed by atoms with van der Waals surface area (Å²) in [6.07, 6.45) is 2.83. The maximum Gasteiger partial charge on any atom is 0.253 e. The average molecular weight is 343 g/mol. The Kier molecular flexibility index (Phi) is 5.05. The average Bonchev–Trinajstić information content (AvgIpc) is 2.89. The van der Waals surface area contributed by atoms with Crippen molar-refractivity contribution < 1.29 is 9.53 Å². The number of benzene rings is 1. The summed E-state index contributed by atoms with van der Waals surface area (Å²) in [6, 6.07) is 5.43. The molecular formula is C16H20Cl2N2O2. The lowest BCUT2D eigenvalue weighted by atomic mass is 9.90. The van der Waals surface area contributed by atoms with Gasteiger partial charge < -0.3 is 15.4 Å². The minimum absolute atomic E-state index is 0. The number of ether oxygens (including phenoxy) is 1. The van der Waals surface area contributed by atoms with Crippen LogP contribution in [0.25, 0.3) is 6.08 Å². The van der Waals surface area contributed by atoms with Gasteiger partial charge in [-0.15, -0.1) is 12.4 Å². The molecule has 1 amide bonds. The lowest BCUT2D eigenvalue weighted by Gasteiger charge is -2.25. The molecule has 0 spiro atoms. The molecule has 2 heterocycles. The van der Waals surface area contributed by atoms with E-state index >= 15 is 0 Å². The molecule has 1 saturated heterocycles. The van der Waals surface area contributed by atoms with Crippen LogP contribution in [0.2, 0.25) is 5.02 Å². The van der Waals surface area contributed by atoms with E-state index in [4.69, 9.17) is 22.1 Å². The number of rotatable bonds is 2. The standard InChI is InChI=1S/C16H19ClN2O2.ClH/c1-16(9-18)4-5-19(10-16)15(20)12-6-11-7-13(17)2-3-14(11)21-8-12;/h2-3,6-7H,4-5,8-10,18H2,1H3;1H. The molecule has 0 aliphatic carbocycles. The quantitative estimate of drug-likeness (QED) is 0.898. The number of amides is 1. The minimum Gasteiger partial charge on any atom is -0.488 e. The molecule has 1 atom stereocenters. The van der Waals surface area contributed by atoms with Crippen molar-refractivity contribution >= 4 is 36.0 Å². The second kappa shape index (κ2) is 6.49. The molecular weight excluding hydrogens is 323 g/mol. The van der Waals surface area contributed by atoms with E-state index in [-0.39, 0.29) is 23.7 Å². The van der Waals surface area contributed by atoms with E-state index in [9.17, 15) is 4.79 Å². The van der Waals surface area contributed by atoms with Gasteiger partial charge in [0.05, 0.1) is 5.57 Å². The Hall–Kier alpha value is -1.23. The SMILES string of the molecule is CC1(CN)CCN(C(=O)C2=Cc3cc(Cl)ccc3OC2)C1.Cl. The Bertz CT molecular complexity index is 618. The Morgan fingerprint density at radius 2 is 2.27 bits per heavy atom. The summed E-state index contributed by atoms with van der Waals surface area (Å²) < 4.78 is 5.65. The zero-order chi connectivity index (χ0) is 15.0. The lowest BCUT2D eigenvalue weighted by Crippen LogP contribution is -2.36. The highest BCUT2D eigenvalue weighted by Crippen LogP contribution is 2.32. The van der Waals surface area contributed by atoms with Crippen molar-refractivity contribution in [3.8, 4) is 5.75 Å². The van der Waals surface area contributed by atoms with Gasteiger partial charge in [-0.2, -0.15) is 0 Å². The molecule has 120 valence electrons. The molecule has 2 N–H and O–H groups in total. The largest absolute Gasteiger partial charge is 0.488 e. The fourth-order valence-corrected chi connectivity index (χ4v) is 3.02. The first-order chi connectivity index (χ1) is 10.0. The number of nitrogens with two attached hydrogens (primary N) is 1. The molecule has 22 heavy (non-hydrogen) atoms. The Balaban J connectivity index is 0.00000176. The third-order valence-electron chi connectivity index (χ3n) is 4.30. The van der Waals surface area contributed by atoms with Crippen LogP contribution in [0.15, 0.2) is 23.8 Å². The summed E-state index contributed by atoms with van der Waals surface area (Å²) in [5.74, 6) is 0.807. The first kappa shape index (κ1) is 17.1. The predicted octanol–water partition coefficient (Wildman–Crippen LogP) is 2.73. The predicted molar refractivity (Wildman–Crippen MR) is 90.5 cm³/mol. The van der Waals surface area contributed by atoms with Gasteiger partial charge in [-0.3, -0.25) is 4.79 Å². The number of halogens is 2. The van der Waals surface area contributed by atoms with E-state index < -0.39 is 0 Å². The molecule has 2 aliphatic heterocycles. The summed E-state index contributed by atoms with van der Waals surface area (Å²) >= 11 is 5.99. The van der Waals surface area contributed by atoms with Crippen molar-refractivity contribution in [2.75, 3.05) is 26.2 Å². The molecule has 1 unspecified atom stereocenters. The topological polar surface area (TPSA) is 55.6 Å². The number of likely N-dealkylation sites (tertiary alicyclic amines) is 1. The van der Waals surface area contributed by atoms with Crippen molar-refractivity contribution in [2.45, 2.75) is 13.3 Å². The summed E-state index contributed by atoms with van der Waals surface area (Å²) in [5.41, 5.74) is 7.36. The maximum atomic E-state index is 12.6. The minimum atomic E-state index is 0. The van der Waals surface area contributed by atoms with Gasteiger partial charge in [0.2, 0.25) is 0 Å². The smallest absolute Gasteiger partial charge is 0.253 e. The molecule has 0 radical (unpaired) electrons. The fraction of sp³-hybridized carbons (Fsp3) is 0.438. The second-order valence-electron chi connectivity index (χ2n) is 6.13. The summed E-state index contributed by atoms with van der Waals surface area (Å²) in [7, 11) is 0. The Morgan fingerprint density at radius 1 is 1.50 bits per heavy atom. The molecule has 2 aliphatic rings. The number of hydrogen-bond acceptors (Lipinski definition) is 3. The summed E-state index contributed by atoms with van der Waals surface area (Å²) in [4.78, 5) is 14.5. The van der Waals surface area contributed by atoms with Crippen molar-refractivity contribution in [2.24, 2.45) is 11.1 Å². The van der Waals surface area contributed by atoms with Crippen LogP contribution in [0.4, 0.5) is 0 Å². The van der Waals surface area contributed by atoms with Crippen LogP contribution in [0.5, 0.6) is 5.75 Å². The van der Waals surface area contributed by atoms with Gasteiger partial charge in [0.15, 0.2) is 0 Å². The van der Waals surface area contributed by atoms with Gasteiger partial charge in [0.25, 0.3) is 5.91 Å². The number of carbonyl (C=O) groups excluding carboxylic acids is 1. The first-order valence-corrected chi connectivity index (χ1v) is 7.51. The molecule has 3 rings (SSSR count). The molecule has 6 heteroatoms. The first-order valence-electron chi connectivity index (χ1n) is 7.13. The van der Waals surface area contributed by atoms with Crippen LogP contribution >= 0.6 is 24.0 Å². The van der Waals surface area contributed by atoms with Gasteiger partial charge in [0.1, 0.15) is 12.4 Å². The monoisotopic (exact) mass is 342 g/mol. The number of carbonyl (C=O) groups is 1. The van der Waals surface area contributed by atoms with Crippen molar-refractivity contribution in [3.63, 3.8) is 0 Å². The molecule has 4 nitrogen and oxygen atoms in total. The van der Waals surface area contributed by atoms with Crippen molar-refractivity contribution in [1.29, 1.82) is 0 Å². The van der Waals surface area contributed by atoms with Crippen LogP contribution in [0.3, 0.4) is 0 Å². The zero-order valence-electron chi connectivity index (χ0n) is 12.5. The highest BCUT2D eigenvalue weighted by atomic mass is 35.5. The van der Waals surface area contributed by atoms with Crippen molar-refractivity contribution in [3.05, 3.63) is 34.4 Å². The van der Waals surface area contributed by atoms with Crippen LogP contribution in [-0.2, 0) is 4.79 Å². The molecule has 0 saturated carbocycles. The molecule has 0 bridgehead atoms. The highest BCUT2D eigenvalue weighted by molar-refractivity contribution is 6.30. The van der Waals surface area contributed by atoms with Gasteiger partial charge in [-0.05, 0) is 42.7 Å². The van der Waals surface area contributed by atoms with Crippen LogP contribution < -0.4 is 10.5 Å². The van der Waals surface area contributed by atoms with Crippen LogP contribution in [-0.4, -0.2) is 37.0 Å². The van der Waals surface area contributed by atoms with Gasteiger partial charge in [-0.25, -0.2) is 0 Å². The second-order valence-corrected chi connectivity index (χ2v) is 6.57. The Labute approximate surface area is 141 Å². The maximum absolute atomic E-state index is 12.6. The lowest BCUT2D eigenvalue weighted by molar-refractivity contribution is -0.126. The van der Waals surface area contributed by atoms with Gasteiger partial charge in [-0.1, -0.05) is 18.5 Å². The zero-order valence-corrected chi connectivity index (χ0v) is 14.0. The van der Waals surface area contributed by atoms with Crippen LogP contribution in [0.1, 0.15) is 18.9 Å². The third kappa shape index (κ3) is 3.24. The number of fused-ring (bicyclic) bond motifs is 1. The normalized spacial score (nSPS) is 23.2. The van der Waals surface area contributed by atoms with E-state index in [1.807, 2.05) is 23.1 Å². The third-order valence-corrected chi connectivity index (χ3v) is 4.53. The number of nitrogens with zero attached hydrogens (tertiary/aromatic N) is 1. The van der Waals surface area contributed by atoms with Gasteiger partial charge >= 0.3 is 0 Å². The van der Waals surface area contributed by atoms with E-state index in [2.05, 4.69) is 6.92 Å². The van der Waals surface area contributed by atoms with E-state index in [1.54, 1.807) is 6.07 Å². The van der Waals surface area contributed by atoms with Gasteiger partial charge in [0, 0.05) is 23.7 Å². The highest BCUT2D eigenvalue weighted by Gasteiger charge is 2.36. The molecule has 0 aromatic heterocycles. The fourth-order valence-electron chi connectivity index (χ4n) is 2.84. The van der Waals surface area contributed by atoms with Crippen molar-refractivity contribution in [1.82, 2.24) is 4.90 Å². The molecule has 1 fully saturated rings. The van der Waals surface area contributed by atoms with Crippen LogP contribution in [0, 0.1) is 5.41 Å².